The number of carbonyl (C=O) groups excluding carboxylic acids is 1. The number of nitrogens with zero attached hydrogens (tertiary/aromatic N) is 2. The van der Waals surface area contributed by atoms with Crippen molar-refractivity contribution in [3.63, 3.8) is 0 Å². The Hall–Kier alpha value is -0.770. The van der Waals surface area contributed by atoms with Crippen LogP contribution in [-0.4, -0.2) is 55.1 Å². The third-order valence-corrected chi connectivity index (χ3v) is 3.51. The highest BCUT2D eigenvalue weighted by Gasteiger charge is 2.22. The van der Waals surface area contributed by atoms with Gasteiger partial charge >= 0.3 is 6.03 Å². The van der Waals surface area contributed by atoms with Crippen molar-refractivity contribution in [1.29, 1.82) is 0 Å². The van der Waals surface area contributed by atoms with E-state index in [2.05, 4.69) is 10.2 Å². The molecule has 2 aliphatic rings. The van der Waals surface area contributed by atoms with Crippen LogP contribution >= 0.6 is 0 Å². The zero-order valence-corrected chi connectivity index (χ0v) is 10.1. The number of hydrogen-bond donors (Lipinski definition) is 1. The van der Waals surface area contributed by atoms with Gasteiger partial charge in [-0.3, -0.25) is 0 Å². The average Bonchev–Trinajstić information content (AvgIpc) is 2.29. The van der Waals surface area contributed by atoms with Gasteiger partial charge in [0.05, 0.1) is 0 Å². The number of hydrogen-bond acceptors (Lipinski definition) is 2. The minimum Gasteiger partial charge on any atom is -0.325 e. The Kier molecular flexibility index (Phi) is 4.45. The van der Waals surface area contributed by atoms with E-state index in [1.165, 1.54) is 32.1 Å². The number of carbonyl (C=O) groups is 1. The van der Waals surface area contributed by atoms with Crippen LogP contribution in [0.5, 0.6) is 0 Å². The molecule has 0 bridgehead atoms. The summed E-state index contributed by atoms with van der Waals surface area (Å²) in [7, 11) is 0. The van der Waals surface area contributed by atoms with Crippen molar-refractivity contribution in [2.75, 3.05) is 39.3 Å². The molecule has 4 heteroatoms. The molecule has 0 aromatic rings. The lowest BCUT2D eigenvalue weighted by atomic mass is 10.1. The van der Waals surface area contributed by atoms with Crippen LogP contribution < -0.4 is 5.32 Å². The Morgan fingerprint density at radius 1 is 0.750 bits per heavy atom. The highest BCUT2D eigenvalue weighted by molar-refractivity contribution is 5.74. The van der Waals surface area contributed by atoms with Crippen molar-refractivity contribution in [3.05, 3.63) is 0 Å². The van der Waals surface area contributed by atoms with E-state index in [-0.39, 0.29) is 6.03 Å². The van der Waals surface area contributed by atoms with Crippen LogP contribution in [0.4, 0.5) is 4.79 Å². The van der Waals surface area contributed by atoms with E-state index in [1.54, 1.807) is 0 Å². The summed E-state index contributed by atoms with van der Waals surface area (Å²) in [6.45, 7) is 5.55. The van der Waals surface area contributed by atoms with E-state index in [1.807, 2.05) is 4.90 Å². The average molecular weight is 225 g/mol. The van der Waals surface area contributed by atoms with Gasteiger partial charge in [-0.05, 0) is 12.8 Å². The van der Waals surface area contributed by atoms with Crippen molar-refractivity contribution in [3.8, 4) is 0 Å². The number of nitrogens with one attached hydrogen (secondary N) is 1. The van der Waals surface area contributed by atoms with Gasteiger partial charge in [0.2, 0.25) is 0 Å². The Labute approximate surface area is 98.0 Å². The predicted octanol–water partition coefficient (Wildman–Crippen LogP) is 1.28. The summed E-state index contributed by atoms with van der Waals surface area (Å²) >= 11 is 0. The third-order valence-electron chi connectivity index (χ3n) is 3.51. The van der Waals surface area contributed by atoms with Crippen LogP contribution in [0.3, 0.4) is 0 Å². The summed E-state index contributed by atoms with van der Waals surface area (Å²) in [6, 6.07) is 0.267. The molecule has 0 unspecified atom stereocenters. The molecule has 2 amide bonds. The molecule has 0 aromatic carbocycles. The summed E-state index contributed by atoms with van der Waals surface area (Å²) in [5, 5.41) is 3.28. The van der Waals surface area contributed by atoms with Crippen molar-refractivity contribution in [2.24, 2.45) is 0 Å². The Bertz CT molecular complexity index is 218. The van der Waals surface area contributed by atoms with Crippen LogP contribution in [0.25, 0.3) is 0 Å². The molecule has 1 N–H and O–H groups in total. The molecule has 4 nitrogen and oxygen atoms in total. The Morgan fingerprint density at radius 2 is 1.25 bits per heavy atom. The van der Waals surface area contributed by atoms with Gasteiger partial charge in [-0.2, -0.15) is 0 Å². The molecule has 0 aliphatic carbocycles. The normalized spacial score (nSPS) is 23.8. The second-order valence-corrected chi connectivity index (χ2v) is 4.77. The molecule has 2 fully saturated rings. The number of rotatable bonds is 0. The molecule has 2 heterocycles. The predicted molar refractivity (Wildman–Crippen MR) is 64.5 cm³/mol. The van der Waals surface area contributed by atoms with Gasteiger partial charge in [0, 0.05) is 39.3 Å². The number of amides is 2. The maximum absolute atomic E-state index is 12.2. The van der Waals surface area contributed by atoms with E-state index in [4.69, 9.17) is 0 Å². The van der Waals surface area contributed by atoms with E-state index < -0.39 is 0 Å². The lowest BCUT2D eigenvalue weighted by molar-refractivity contribution is 0.142. The van der Waals surface area contributed by atoms with Crippen LogP contribution in [0.2, 0.25) is 0 Å². The fraction of sp³-hybridized carbons (Fsp3) is 0.917. The third kappa shape index (κ3) is 3.11. The zero-order valence-electron chi connectivity index (χ0n) is 10.1. The molecule has 2 rings (SSSR count). The fourth-order valence-corrected chi connectivity index (χ4v) is 2.49. The summed E-state index contributed by atoms with van der Waals surface area (Å²) in [6.07, 6.45) is 6.27. The van der Waals surface area contributed by atoms with Crippen LogP contribution in [0, 0.1) is 0 Å². The van der Waals surface area contributed by atoms with Crippen molar-refractivity contribution < 1.29 is 4.79 Å². The van der Waals surface area contributed by atoms with Crippen molar-refractivity contribution >= 4 is 6.03 Å². The van der Waals surface area contributed by atoms with Gasteiger partial charge in [0.25, 0.3) is 0 Å². The van der Waals surface area contributed by atoms with E-state index in [9.17, 15) is 4.79 Å². The second-order valence-electron chi connectivity index (χ2n) is 4.77. The van der Waals surface area contributed by atoms with E-state index >= 15 is 0 Å². The standard InChI is InChI=1S/C12H23N3O/c16-12(15-10-6-13-7-11-15)14-8-4-2-1-3-5-9-14/h13H,1-11H2. The first-order chi connectivity index (χ1) is 7.88. The SMILES string of the molecule is O=C(N1CCCCCCC1)N1CCNCC1. The molecule has 2 aliphatic heterocycles. The second kappa shape index (κ2) is 6.09. The van der Waals surface area contributed by atoms with Gasteiger partial charge < -0.3 is 15.1 Å². The summed E-state index contributed by atoms with van der Waals surface area (Å²) in [4.78, 5) is 16.3. The monoisotopic (exact) mass is 225 g/mol. The largest absolute Gasteiger partial charge is 0.325 e. The zero-order chi connectivity index (χ0) is 11.2. The molecule has 92 valence electrons. The molecule has 16 heavy (non-hydrogen) atoms. The molecule has 2 saturated heterocycles. The summed E-state index contributed by atoms with van der Waals surface area (Å²) < 4.78 is 0. The van der Waals surface area contributed by atoms with Gasteiger partial charge in [-0.25, -0.2) is 4.79 Å². The quantitative estimate of drug-likeness (QED) is 0.674. The fourth-order valence-electron chi connectivity index (χ4n) is 2.49. The number of likely N-dealkylation sites (tertiary alicyclic amines) is 1. The van der Waals surface area contributed by atoms with E-state index in [0.29, 0.717) is 0 Å². The van der Waals surface area contributed by atoms with Gasteiger partial charge in [0.15, 0.2) is 0 Å². The maximum Gasteiger partial charge on any atom is 0.320 e. The van der Waals surface area contributed by atoms with Crippen LogP contribution in [0.1, 0.15) is 32.1 Å². The first kappa shape index (κ1) is 11.7. The van der Waals surface area contributed by atoms with Crippen molar-refractivity contribution in [1.82, 2.24) is 15.1 Å². The molecular formula is C12H23N3O. The number of urea groups is 1. The first-order valence-electron chi connectivity index (χ1n) is 6.62. The van der Waals surface area contributed by atoms with Crippen LogP contribution in [0.15, 0.2) is 0 Å². The molecule has 0 radical (unpaired) electrons. The lowest BCUT2D eigenvalue weighted by Gasteiger charge is -2.34. The molecular weight excluding hydrogens is 202 g/mol. The molecule has 0 atom stereocenters. The first-order valence-corrected chi connectivity index (χ1v) is 6.62. The minimum atomic E-state index is 0.267. The molecule has 0 spiro atoms. The summed E-state index contributed by atoms with van der Waals surface area (Å²) in [5.41, 5.74) is 0. The Morgan fingerprint density at radius 3 is 1.88 bits per heavy atom. The smallest absolute Gasteiger partial charge is 0.320 e. The summed E-state index contributed by atoms with van der Waals surface area (Å²) in [5.74, 6) is 0. The van der Waals surface area contributed by atoms with Crippen molar-refractivity contribution in [2.45, 2.75) is 32.1 Å². The minimum absolute atomic E-state index is 0.267. The van der Waals surface area contributed by atoms with E-state index in [0.717, 1.165) is 39.3 Å². The maximum atomic E-state index is 12.2. The highest BCUT2D eigenvalue weighted by Crippen LogP contribution is 2.12. The van der Waals surface area contributed by atoms with Crippen LogP contribution in [-0.2, 0) is 0 Å². The van der Waals surface area contributed by atoms with Gasteiger partial charge in [-0.15, -0.1) is 0 Å². The Balaban J connectivity index is 1.85. The molecule has 0 saturated carbocycles. The highest BCUT2D eigenvalue weighted by atomic mass is 16.2. The van der Waals surface area contributed by atoms with Gasteiger partial charge in [0.1, 0.15) is 0 Å². The molecule has 0 aromatic heterocycles. The number of piperazine rings is 1. The van der Waals surface area contributed by atoms with Gasteiger partial charge in [-0.1, -0.05) is 19.3 Å². The topological polar surface area (TPSA) is 35.6 Å². The lowest BCUT2D eigenvalue weighted by Crippen LogP contribution is -2.52.